The molecule has 1 heterocycles. The van der Waals surface area contributed by atoms with E-state index in [1.54, 1.807) is 49.5 Å². The van der Waals surface area contributed by atoms with Crippen molar-refractivity contribution in [3.05, 3.63) is 84.6 Å². The van der Waals surface area contributed by atoms with Crippen molar-refractivity contribution >= 4 is 11.9 Å². The Bertz CT molecular complexity index is 1190. The highest BCUT2D eigenvalue weighted by atomic mass is 16.5. The van der Waals surface area contributed by atoms with Crippen LogP contribution in [0.5, 0.6) is 17.2 Å². The Labute approximate surface area is 230 Å². The number of nitrogens with zero attached hydrogens (tertiary/aromatic N) is 1. The van der Waals surface area contributed by atoms with E-state index < -0.39 is 5.97 Å². The third-order valence-corrected chi connectivity index (χ3v) is 5.89. The lowest BCUT2D eigenvalue weighted by atomic mass is 10.1. The van der Waals surface area contributed by atoms with Crippen molar-refractivity contribution < 1.29 is 28.5 Å². The molecular weight excluding hydrogens is 494 g/mol. The van der Waals surface area contributed by atoms with Crippen molar-refractivity contribution in [2.45, 2.75) is 52.4 Å². The quantitative estimate of drug-likeness (QED) is 0.0836. The van der Waals surface area contributed by atoms with Crippen molar-refractivity contribution in [3.63, 3.8) is 0 Å². The van der Waals surface area contributed by atoms with Crippen LogP contribution >= 0.6 is 0 Å². The van der Waals surface area contributed by atoms with Crippen LogP contribution in [0.2, 0.25) is 0 Å². The normalized spacial score (nSPS) is 10.5. The first-order valence-corrected chi connectivity index (χ1v) is 13.4. The molecule has 3 rings (SSSR count). The Hall–Kier alpha value is -4.13. The van der Waals surface area contributed by atoms with Crippen molar-refractivity contribution in [2.24, 2.45) is 0 Å². The summed E-state index contributed by atoms with van der Waals surface area (Å²) in [5.74, 6) is 1.16. The number of carbonyl (C=O) groups is 2. The zero-order chi connectivity index (χ0) is 27.9. The molecular formula is C32H37NO6. The van der Waals surface area contributed by atoms with E-state index in [-0.39, 0.29) is 5.97 Å². The highest BCUT2D eigenvalue weighted by Crippen LogP contribution is 2.23. The second kappa shape index (κ2) is 16.0. The summed E-state index contributed by atoms with van der Waals surface area (Å²) in [6.45, 7) is 8.81. The Balaban J connectivity index is 1.32. The van der Waals surface area contributed by atoms with Gasteiger partial charge in [-0.05, 0) is 87.4 Å². The Morgan fingerprint density at radius 3 is 1.97 bits per heavy atom. The fourth-order valence-electron chi connectivity index (χ4n) is 3.74. The fourth-order valence-corrected chi connectivity index (χ4v) is 3.74. The SMILES string of the molecule is C=C(C)C(=O)OCCCCCCCCOc1ccc(C(=O)Oc2ccc(-c3ccc(OCC)cn3)cc2)cc1. The van der Waals surface area contributed by atoms with Crippen LogP contribution in [0.15, 0.2) is 79.0 Å². The number of esters is 2. The zero-order valence-electron chi connectivity index (χ0n) is 22.8. The molecule has 2 aromatic carbocycles. The average molecular weight is 532 g/mol. The zero-order valence-corrected chi connectivity index (χ0v) is 22.8. The van der Waals surface area contributed by atoms with Crippen LogP contribution in [0.4, 0.5) is 0 Å². The molecule has 0 aliphatic heterocycles. The van der Waals surface area contributed by atoms with Crippen LogP contribution in [0, 0.1) is 0 Å². The number of benzene rings is 2. The molecule has 0 unspecified atom stereocenters. The lowest BCUT2D eigenvalue weighted by Gasteiger charge is -2.08. The molecule has 0 bridgehead atoms. The number of ether oxygens (including phenoxy) is 4. The van der Waals surface area contributed by atoms with Gasteiger partial charge >= 0.3 is 11.9 Å². The van der Waals surface area contributed by atoms with Gasteiger partial charge in [-0.1, -0.05) is 32.3 Å². The third kappa shape index (κ3) is 10.3. The first-order valence-electron chi connectivity index (χ1n) is 13.4. The summed E-state index contributed by atoms with van der Waals surface area (Å²) in [5.41, 5.74) is 2.62. The fraction of sp³-hybridized carbons (Fsp3) is 0.344. The maximum atomic E-state index is 12.6. The van der Waals surface area contributed by atoms with E-state index in [0.717, 1.165) is 61.3 Å². The number of hydrogen-bond donors (Lipinski definition) is 0. The van der Waals surface area contributed by atoms with Crippen LogP contribution in [-0.2, 0) is 9.53 Å². The standard InChI is InChI=1S/C32H37NO6/c1-4-36-29-19-20-30(33-23-29)25-11-17-28(18-12-25)39-32(35)26-13-15-27(16-14-26)37-21-9-7-5-6-8-10-22-38-31(34)24(2)3/h11-20,23H,2,4-10,21-22H2,1,3H3. The summed E-state index contributed by atoms with van der Waals surface area (Å²) < 4.78 is 21.8. The van der Waals surface area contributed by atoms with Crippen LogP contribution < -0.4 is 14.2 Å². The molecule has 7 heteroatoms. The lowest BCUT2D eigenvalue weighted by molar-refractivity contribution is -0.139. The van der Waals surface area contributed by atoms with Gasteiger partial charge in [0.05, 0.1) is 37.3 Å². The Kier molecular flexibility index (Phi) is 12.0. The van der Waals surface area contributed by atoms with Gasteiger partial charge in [0.2, 0.25) is 0 Å². The van der Waals surface area contributed by atoms with E-state index in [0.29, 0.717) is 36.7 Å². The van der Waals surface area contributed by atoms with Gasteiger partial charge in [0.15, 0.2) is 0 Å². The predicted molar refractivity (Wildman–Crippen MR) is 151 cm³/mol. The van der Waals surface area contributed by atoms with Crippen molar-refractivity contribution in [1.29, 1.82) is 0 Å². The van der Waals surface area contributed by atoms with Crippen molar-refractivity contribution in [1.82, 2.24) is 4.98 Å². The minimum Gasteiger partial charge on any atom is -0.494 e. The molecule has 0 atom stereocenters. The molecule has 0 saturated carbocycles. The summed E-state index contributed by atoms with van der Waals surface area (Å²) in [7, 11) is 0. The summed E-state index contributed by atoms with van der Waals surface area (Å²) in [5, 5.41) is 0. The van der Waals surface area contributed by atoms with Gasteiger partial charge in [-0.25, -0.2) is 9.59 Å². The molecule has 0 amide bonds. The maximum absolute atomic E-state index is 12.6. The predicted octanol–water partition coefficient (Wildman–Crippen LogP) is 7.21. The molecule has 206 valence electrons. The molecule has 0 aliphatic rings. The smallest absolute Gasteiger partial charge is 0.343 e. The largest absolute Gasteiger partial charge is 0.494 e. The molecule has 7 nitrogen and oxygen atoms in total. The molecule has 39 heavy (non-hydrogen) atoms. The number of pyridine rings is 1. The van der Waals surface area contributed by atoms with Gasteiger partial charge < -0.3 is 18.9 Å². The number of aromatic nitrogens is 1. The monoisotopic (exact) mass is 531 g/mol. The summed E-state index contributed by atoms with van der Waals surface area (Å²) in [6.07, 6.45) is 7.84. The minimum atomic E-state index is -0.428. The first-order chi connectivity index (χ1) is 19.0. The van der Waals surface area contributed by atoms with Crippen LogP contribution in [0.1, 0.15) is 62.7 Å². The topological polar surface area (TPSA) is 84.0 Å². The summed E-state index contributed by atoms with van der Waals surface area (Å²) in [4.78, 5) is 28.3. The molecule has 0 fully saturated rings. The molecule has 0 aliphatic carbocycles. The van der Waals surface area contributed by atoms with Crippen molar-refractivity contribution in [2.75, 3.05) is 19.8 Å². The maximum Gasteiger partial charge on any atom is 0.343 e. The number of hydrogen-bond acceptors (Lipinski definition) is 7. The number of unbranched alkanes of at least 4 members (excludes halogenated alkanes) is 5. The average Bonchev–Trinajstić information content (AvgIpc) is 2.95. The molecule has 1 aromatic heterocycles. The second-order valence-electron chi connectivity index (χ2n) is 9.14. The first kappa shape index (κ1) is 29.4. The Morgan fingerprint density at radius 2 is 1.36 bits per heavy atom. The van der Waals surface area contributed by atoms with E-state index in [2.05, 4.69) is 11.6 Å². The highest BCUT2D eigenvalue weighted by Gasteiger charge is 2.10. The molecule has 0 radical (unpaired) electrons. The van der Waals surface area contributed by atoms with Gasteiger partial charge in [-0.15, -0.1) is 0 Å². The number of rotatable bonds is 16. The third-order valence-electron chi connectivity index (χ3n) is 5.89. The molecule has 3 aromatic rings. The van der Waals surface area contributed by atoms with Gasteiger partial charge in [0, 0.05) is 11.1 Å². The number of carbonyl (C=O) groups excluding carboxylic acids is 2. The molecule has 0 saturated heterocycles. The van der Waals surface area contributed by atoms with Gasteiger partial charge in [-0.3, -0.25) is 4.98 Å². The van der Waals surface area contributed by atoms with Gasteiger partial charge in [-0.2, -0.15) is 0 Å². The molecule has 0 spiro atoms. The second-order valence-corrected chi connectivity index (χ2v) is 9.14. The molecule has 0 N–H and O–H groups in total. The van der Waals surface area contributed by atoms with E-state index in [1.165, 1.54) is 0 Å². The van der Waals surface area contributed by atoms with Gasteiger partial charge in [0.1, 0.15) is 17.2 Å². The highest BCUT2D eigenvalue weighted by molar-refractivity contribution is 5.91. The van der Waals surface area contributed by atoms with Crippen LogP contribution in [0.25, 0.3) is 11.3 Å². The van der Waals surface area contributed by atoms with Crippen LogP contribution in [-0.4, -0.2) is 36.7 Å². The minimum absolute atomic E-state index is 0.318. The Morgan fingerprint density at radius 1 is 0.744 bits per heavy atom. The van der Waals surface area contributed by atoms with E-state index in [9.17, 15) is 9.59 Å². The summed E-state index contributed by atoms with van der Waals surface area (Å²) >= 11 is 0. The van der Waals surface area contributed by atoms with Crippen LogP contribution in [0.3, 0.4) is 0 Å². The van der Waals surface area contributed by atoms with E-state index in [4.69, 9.17) is 18.9 Å². The summed E-state index contributed by atoms with van der Waals surface area (Å²) in [6, 6.07) is 18.0. The van der Waals surface area contributed by atoms with Crippen molar-refractivity contribution in [3.8, 4) is 28.5 Å². The van der Waals surface area contributed by atoms with Gasteiger partial charge in [0.25, 0.3) is 0 Å². The van der Waals surface area contributed by atoms with E-state index in [1.807, 2.05) is 31.2 Å². The van der Waals surface area contributed by atoms with E-state index >= 15 is 0 Å². The lowest BCUT2D eigenvalue weighted by Crippen LogP contribution is -2.08.